The van der Waals surface area contributed by atoms with Crippen LogP contribution in [0.2, 0.25) is 0 Å². The Kier molecular flexibility index (Phi) is 4.83. The highest BCUT2D eigenvalue weighted by atomic mass is 16.5. The fraction of sp³-hybridized carbons (Fsp3) is 1.00. The van der Waals surface area contributed by atoms with Gasteiger partial charge in [0.05, 0.1) is 18.8 Å². The monoisotopic (exact) mass is 283 g/mol. The Hall–Kier alpha value is -0.120. The molecule has 0 aromatic rings. The molecule has 2 N–H and O–H groups in total. The predicted octanol–water partition coefficient (Wildman–Crippen LogP) is 2.82. The van der Waals surface area contributed by atoms with E-state index in [2.05, 4.69) is 39.9 Å². The standard InChI is InChI=1S/C17H33NO2/c1-12(2)9-18-10-14(19)11-20-15-8-13-6-7-17(15,5)16(13,3)4/h12-15,18-19H,6-11H2,1-5H3/t13-,14-,15-,17-/m0/s1. The molecule has 0 saturated heterocycles. The number of ether oxygens (including phenoxy) is 1. The van der Waals surface area contributed by atoms with Gasteiger partial charge in [-0.05, 0) is 48.5 Å². The molecule has 2 fully saturated rings. The van der Waals surface area contributed by atoms with Crippen LogP contribution in [0.4, 0.5) is 0 Å². The van der Waals surface area contributed by atoms with Gasteiger partial charge in [0.2, 0.25) is 0 Å². The second-order valence-corrected chi connectivity index (χ2v) is 8.14. The van der Waals surface area contributed by atoms with Gasteiger partial charge in [-0.2, -0.15) is 0 Å². The molecule has 3 heteroatoms. The molecule has 118 valence electrons. The number of hydrogen-bond donors (Lipinski definition) is 2. The summed E-state index contributed by atoms with van der Waals surface area (Å²) in [7, 11) is 0. The zero-order valence-corrected chi connectivity index (χ0v) is 13.9. The third kappa shape index (κ3) is 2.90. The minimum Gasteiger partial charge on any atom is -0.389 e. The maximum Gasteiger partial charge on any atom is 0.0897 e. The SMILES string of the molecule is CC(C)CNC[C@H](O)CO[C@H]1C[C@@H]2CC[C@]1(C)C2(C)C. The van der Waals surface area contributed by atoms with E-state index in [1.165, 1.54) is 19.3 Å². The van der Waals surface area contributed by atoms with Crippen molar-refractivity contribution in [1.29, 1.82) is 0 Å². The van der Waals surface area contributed by atoms with Gasteiger partial charge in [0.15, 0.2) is 0 Å². The quantitative estimate of drug-likeness (QED) is 0.755. The van der Waals surface area contributed by atoms with Crippen molar-refractivity contribution in [3.05, 3.63) is 0 Å². The molecule has 2 rings (SSSR count). The Labute approximate surface area is 124 Å². The largest absolute Gasteiger partial charge is 0.389 e. The molecule has 0 spiro atoms. The maximum absolute atomic E-state index is 10.0. The second-order valence-electron chi connectivity index (χ2n) is 8.14. The highest BCUT2D eigenvalue weighted by Crippen LogP contribution is 2.66. The van der Waals surface area contributed by atoms with Crippen LogP contribution in [0.15, 0.2) is 0 Å². The molecule has 0 aliphatic heterocycles. The van der Waals surface area contributed by atoms with Crippen molar-refractivity contribution in [3.63, 3.8) is 0 Å². The molecular formula is C17H33NO2. The maximum atomic E-state index is 10.0. The number of aliphatic hydroxyl groups is 1. The molecular weight excluding hydrogens is 250 g/mol. The normalized spacial score (nSPS) is 36.8. The van der Waals surface area contributed by atoms with Crippen LogP contribution in [0, 0.1) is 22.7 Å². The van der Waals surface area contributed by atoms with Gasteiger partial charge in [-0.1, -0.05) is 34.6 Å². The molecule has 2 bridgehead atoms. The third-order valence-electron chi connectivity index (χ3n) is 6.14. The van der Waals surface area contributed by atoms with Crippen LogP contribution in [-0.2, 0) is 4.74 Å². The van der Waals surface area contributed by atoms with E-state index in [1.807, 2.05) is 0 Å². The summed E-state index contributed by atoms with van der Waals surface area (Å²) in [6.45, 7) is 13.6. The van der Waals surface area contributed by atoms with Gasteiger partial charge in [-0.15, -0.1) is 0 Å². The van der Waals surface area contributed by atoms with Crippen LogP contribution in [0.1, 0.15) is 53.9 Å². The first-order valence-electron chi connectivity index (χ1n) is 8.27. The van der Waals surface area contributed by atoms with Crippen LogP contribution in [0.5, 0.6) is 0 Å². The van der Waals surface area contributed by atoms with E-state index in [4.69, 9.17) is 4.74 Å². The highest BCUT2D eigenvalue weighted by Gasteiger charge is 2.61. The molecule has 4 atom stereocenters. The molecule has 20 heavy (non-hydrogen) atoms. The van der Waals surface area contributed by atoms with Gasteiger partial charge in [-0.3, -0.25) is 0 Å². The van der Waals surface area contributed by atoms with Gasteiger partial charge in [-0.25, -0.2) is 0 Å². The van der Waals surface area contributed by atoms with Crippen molar-refractivity contribution in [2.24, 2.45) is 22.7 Å². The summed E-state index contributed by atoms with van der Waals surface area (Å²) in [5.41, 5.74) is 0.682. The van der Waals surface area contributed by atoms with Crippen molar-refractivity contribution in [3.8, 4) is 0 Å². The molecule has 0 aromatic heterocycles. The summed E-state index contributed by atoms with van der Waals surface area (Å²) >= 11 is 0. The third-order valence-corrected chi connectivity index (χ3v) is 6.14. The minimum atomic E-state index is -0.389. The lowest BCUT2D eigenvalue weighted by Gasteiger charge is -2.39. The first kappa shape index (κ1) is 16.3. The van der Waals surface area contributed by atoms with E-state index in [1.54, 1.807) is 0 Å². The lowest BCUT2D eigenvalue weighted by molar-refractivity contribution is -0.0742. The predicted molar refractivity (Wildman–Crippen MR) is 82.7 cm³/mol. The Morgan fingerprint density at radius 1 is 1.25 bits per heavy atom. The van der Waals surface area contributed by atoms with Gasteiger partial charge < -0.3 is 15.2 Å². The van der Waals surface area contributed by atoms with Gasteiger partial charge in [0.25, 0.3) is 0 Å². The topological polar surface area (TPSA) is 41.5 Å². The summed E-state index contributed by atoms with van der Waals surface area (Å²) < 4.78 is 6.10. The summed E-state index contributed by atoms with van der Waals surface area (Å²) in [6, 6.07) is 0. The van der Waals surface area contributed by atoms with Gasteiger partial charge in [0.1, 0.15) is 0 Å². The molecule has 3 nitrogen and oxygen atoms in total. The van der Waals surface area contributed by atoms with Crippen LogP contribution in [0.3, 0.4) is 0 Å². The Morgan fingerprint density at radius 3 is 2.45 bits per heavy atom. The molecule has 0 amide bonds. The van der Waals surface area contributed by atoms with Crippen molar-refractivity contribution in [2.75, 3.05) is 19.7 Å². The van der Waals surface area contributed by atoms with Crippen LogP contribution in [0.25, 0.3) is 0 Å². The number of fused-ring (bicyclic) bond motifs is 2. The lowest BCUT2D eigenvalue weighted by atomic mass is 9.70. The highest BCUT2D eigenvalue weighted by molar-refractivity contribution is 5.11. The summed E-state index contributed by atoms with van der Waals surface area (Å²) in [4.78, 5) is 0. The molecule has 2 saturated carbocycles. The Bertz CT molecular complexity index is 329. The van der Waals surface area contributed by atoms with E-state index < -0.39 is 0 Å². The van der Waals surface area contributed by atoms with E-state index in [-0.39, 0.29) is 6.10 Å². The molecule has 2 aliphatic rings. The molecule has 0 aromatic carbocycles. The van der Waals surface area contributed by atoms with Crippen molar-refractivity contribution >= 4 is 0 Å². The second kappa shape index (κ2) is 5.94. The first-order valence-corrected chi connectivity index (χ1v) is 8.27. The fourth-order valence-corrected chi connectivity index (χ4v) is 4.21. The number of hydrogen-bond acceptors (Lipinski definition) is 3. The summed E-state index contributed by atoms with van der Waals surface area (Å²) in [5.74, 6) is 1.42. The van der Waals surface area contributed by atoms with Gasteiger partial charge >= 0.3 is 0 Å². The van der Waals surface area contributed by atoms with Gasteiger partial charge in [0, 0.05) is 6.54 Å². The lowest BCUT2D eigenvalue weighted by Crippen LogP contribution is -2.40. The number of rotatable bonds is 7. The zero-order chi connectivity index (χ0) is 15.0. The Balaban J connectivity index is 1.75. The number of aliphatic hydroxyl groups excluding tert-OH is 1. The van der Waals surface area contributed by atoms with Crippen molar-refractivity contribution in [2.45, 2.75) is 66.1 Å². The van der Waals surface area contributed by atoms with Crippen molar-refractivity contribution in [1.82, 2.24) is 5.32 Å². The first-order chi connectivity index (χ1) is 9.27. The molecule has 2 aliphatic carbocycles. The average Bonchev–Trinajstić information content (AvgIpc) is 2.68. The van der Waals surface area contributed by atoms with E-state index in [0.29, 0.717) is 36.0 Å². The van der Waals surface area contributed by atoms with Crippen molar-refractivity contribution < 1.29 is 9.84 Å². The van der Waals surface area contributed by atoms with E-state index in [0.717, 1.165) is 12.5 Å². The Morgan fingerprint density at radius 2 is 1.95 bits per heavy atom. The molecule has 0 unspecified atom stereocenters. The smallest absolute Gasteiger partial charge is 0.0897 e. The zero-order valence-electron chi connectivity index (χ0n) is 13.9. The summed E-state index contributed by atoms with van der Waals surface area (Å²) in [5, 5.41) is 13.3. The van der Waals surface area contributed by atoms with E-state index >= 15 is 0 Å². The summed E-state index contributed by atoms with van der Waals surface area (Å²) in [6.07, 6.45) is 3.74. The molecule has 0 heterocycles. The minimum absolute atomic E-state index is 0.294. The van der Waals surface area contributed by atoms with Crippen LogP contribution in [-0.4, -0.2) is 37.0 Å². The molecule has 0 radical (unpaired) electrons. The van der Waals surface area contributed by atoms with Crippen LogP contribution >= 0.6 is 0 Å². The average molecular weight is 283 g/mol. The number of nitrogens with one attached hydrogen (secondary N) is 1. The van der Waals surface area contributed by atoms with Crippen LogP contribution < -0.4 is 5.32 Å². The van der Waals surface area contributed by atoms with E-state index in [9.17, 15) is 5.11 Å². The fourth-order valence-electron chi connectivity index (χ4n) is 4.21.